The lowest BCUT2D eigenvalue weighted by Crippen LogP contribution is -1.93. The summed E-state index contributed by atoms with van der Waals surface area (Å²) in [6.07, 6.45) is 0. The van der Waals surface area contributed by atoms with E-state index in [2.05, 4.69) is 20.5 Å². The average Bonchev–Trinajstić information content (AvgIpc) is 2.69. The fraction of sp³-hybridized carbons (Fsp3) is 0.111. The maximum absolute atomic E-state index is 8.78. The molecule has 15 heavy (non-hydrogen) atoms. The number of aliphatic hydroxyl groups is 1. The largest absolute Gasteiger partial charge is 0.388 e. The van der Waals surface area contributed by atoms with Crippen molar-refractivity contribution in [3.05, 3.63) is 35.1 Å². The Balaban J connectivity index is 2.18. The SMILES string of the molecule is OCc1nc(Nc2ccccc2Cl)n[nH]1. The van der Waals surface area contributed by atoms with Crippen molar-refractivity contribution in [2.75, 3.05) is 5.32 Å². The lowest BCUT2D eigenvalue weighted by Gasteiger charge is -2.02. The number of benzene rings is 1. The molecule has 5 nitrogen and oxygen atoms in total. The summed E-state index contributed by atoms with van der Waals surface area (Å²) in [5, 5.41) is 18.7. The van der Waals surface area contributed by atoms with Crippen LogP contribution in [0.2, 0.25) is 5.02 Å². The third-order valence-electron chi connectivity index (χ3n) is 1.80. The zero-order chi connectivity index (χ0) is 10.7. The van der Waals surface area contributed by atoms with Gasteiger partial charge in [0.25, 0.3) is 0 Å². The van der Waals surface area contributed by atoms with E-state index >= 15 is 0 Å². The molecule has 1 aromatic carbocycles. The number of aromatic nitrogens is 3. The van der Waals surface area contributed by atoms with Gasteiger partial charge in [-0.05, 0) is 12.1 Å². The Morgan fingerprint density at radius 1 is 1.40 bits per heavy atom. The number of hydrogen-bond acceptors (Lipinski definition) is 4. The first-order valence-corrected chi connectivity index (χ1v) is 4.71. The van der Waals surface area contributed by atoms with E-state index in [9.17, 15) is 0 Å². The highest BCUT2D eigenvalue weighted by Crippen LogP contribution is 2.22. The van der Waals surface area contributed by atoms with Gasteiger partial charge in [-0.25, -0.2) is 0 Å². The minimum atomic E-state index is -0.169. The monoisotopic (exact) mass is 224 g/mol. The van der Waals surface area contributed by atoms with Crippen LogP contribution in [-0.2, 0) is 6.61 Å². The predicted molar refractivity (Wildman–Crippen MR) is 57.0 cm³/mol. The van der Waals surface area contributed by atoms with Gasteiger partial charge in [-0.15, -0.1) is 5.10 Å². The first-order valence-electron chi connectivity index (χ1n) is 4.33. The summed E-state index contributed by atoms with van der Waals surface area (Å²) in [4.78, 5) is 3.98. The summed E-state index contributed by atoms with van der Waals surface area (Å²) in [6, 6.07) is 7.28. The average molecular weight is 225 g/mol. The number of hydrogen-bond donors (Lipinski definition) is 3. The van der Waals surface area contributed by atoms with E-state index in [4.69, 9.17) is 16.7 Å². The third-order valence-corrected chi connectivity index (χ3v) is 2.13. The minimum absolute atomic E-state index is 0.169. The summed E-state index contributed by atoms with van der Waals surface area (Å²) < 4.78 is 0. The van der Waals surface area contributed by atoms with Gasteiger partial charge in [-0.2, -0.15) is 4.98 Å². The van der Waals surface area contributed by atoms with Crippen LogP contribution in [-0.4, -0.2) is 20.3 Å². The van der Waals surface area contributed by atoms with Gasteiger partial charge in [-0.3, -0.25) is 5.10 Å². The molecule has 0 aliphatic rings. The van der Waals surface area contributed by atoms with Crippen LogP contribution in [0.15, 0.2) is 24.3 Å². The molecular weight excluding hydrogens is 216 g/mol. The molecule has 0 aliphatic carbocycles. The Hall–Kier alpha value is -1.59. The van der Waals surface area contributed by atoms with Crippen molar-refractivity contribution < 1.29 is 5.11 Å². The Labute approximate surface area is 91.1 Å². The maximum atomic E-state index is 8.78. The molecule has 1 heterocycles. The molecule has 0 saturated carbocycles. The van der Waals surface area contributed by atoms with Crippen LogP contribution in [0, 0.1) is 0 Å². The van der Waals surface area contributed by atoms with E-state index in [0.29, 0.717) is 16.8 Å². The third kappa shape index (κ3) is 2.26. The smallest absolute Gasteiger partial charge is 0.246 e. The van der Waals surface area contributed by atoms with Crippen molar-refractivity contribution in [3.63, 3.8) is 0 Å². The van der Waals surface area contributed by atoms with Crippen LogP contribution in [0.5, 0.6) is 0 Å². The molecule has 0 unspecified atom stereocenters. The van der Waals surface area contributed by atoms with Gasteiger partial charge in [0.1, 0.15) is 6.61 Å². The molecule has 78 valence electrons. The number of halogens is 1. The standard InChI is InChI=1S/C9H9ClN4O/c10-6-3-1-2-4-7(6)11-9-12-8(5-15)13-14-9/h1-4,15H,5H2,(H2,11,12,13,14). The molecule has 0 bridgehead atoms. The second kappa shape index (κ2) is 4.29. The van der Waals surface area contributed by atoms with Gasteiger partial charge < -0.3 is 10.4 Å². The minimum Gasteiger partial charge on any atom is -0.388 e. The second-order valence-corrected chi connectivity index (χ2v) is 3.28. The predicted octanol–water partition coefficient (Wildman–Crippen LogP) is 1.69. The molecule has 0 amide bonds. The molecule has 0 fully saturated rings. The summed E-state index contributed by atoms with van der Waals surface area (Å²) in [6.45, 7) is -0.169. The van der Waals surface area contributed by atoms with Crippen molar-refractivity contribution in [1.82, 2.24) is 15.2 Å². The molecule has 0 spiro atoms. The number of nitrogens with one attached hydrogen (secondary N) is 2. The Morgan fingerprint density at radius 2 is 2.20 bits per heavy atom. The summed E-state index contributed by atoms with van der Waals surface area (Å²) in [5.41, 5.74) is 0.725. The van der Waals surface area contributed by atoms with E-state index in [0.717, 1.165) is 5.69 Å². The van der Waals surface area contributed by atoms with Gasteiger partial charge >= 0.3 is 0 Å². The number of H-pyrrole nitrogens is 1. The summed E-state index contributed by atoms with van der Waals surface area (Å²) in [7, 11) is 0. The number of aliphatic hydroxyl groups excluding tert-OH is 1. The molecule has 1 aromatic heterocycles. The fourth-order valence-electron chi connectivity index (χ4n) is 1.10. The molecule has 0 radical (unpaired) electrons. The Bertz CT molecular complexity index is 457. The van der Waals surface area contributed by atoms with Crippen molar-refractivity contribution in [3.8, 4) is 0 Å². The van der Waals surface area contributed by atoms with Crippen LogP contribution in [0.4, 0.5) is 11.6 Å². The number of nitrogens with zero attached hydrogens (tertiary/aromatic N) is 2. The fourth-order valence-corrected chi connectivity index (χ4v) is 1.29. The van der Waals surface area contributed by atoms with Gasteiger partial charge in [0.15, 0.2) is 5.82 Å². The normalized spacial score (nSPS) is 10.3. The van der Waals surface area contributed by atoms with E-state index in [1.54, 1.807) is 6.07 Å². The van der Waals surface area contributed by atoms with Gasteiger partial charge in [0.05, 0.1) is 10.7 Å². The van der Waals surface area contributed by atoms with Crippen LogP contribution >= 0.6 is 11.6 Å². The molecule has 6 heteroatoms. The zero-order valence-corrected chi connectivity index (χ0v) is 8.49. The van der Waals surface area contributed by atoms with Gasteiger partial charge in [0.2, 0.25) is 5.95 Å². The first kappa shape index (κ1) is 9.95. The number of anilines is 2. The number of para-hydroxylation sites is 1. The summed E-state index contributed by atoms with van der Waals surface area (Å²) in [5.74, 6) is 0.789. The van der Waals surface area contributed by atoms with Crippen LogP contribution in [0.3, 0.4) is 0 Å². The molecule has 0 aliphatic heterocycles. The van der Waals surface area contributed by atoms with E-state index in [1.807, 2.05) is 18.2 Å². The zero-order valence-electron chi connectivity index (χ0n) is 7.74. The molecule has 3 N–H and O–H groups in total. The topological polar surface area (TPSA) is 73.8 Å². The highest BCUT2D eigenvalue weighted by molar-refractivity contribution is 6.33. The van der Waals surface area contributed by atoms with Crippen LogP contribution in [0.25, 0.3) is 0 Å². The number of rotatable bonds is 3. The van der Waals surface area contributed by atoms with E-state index in [-0.39, 0.29) is 6.61 Å². The quantitative estimate of drug-likeness (QED) is 0.742. The van der Waals surface area contributed by atoms with E-state index in [1.165, 1.54) is 0 Å². The molecule has 0 atom stereocenters. The van der Waals surface area contributed by atoms with E-state index < -0.39 is 0 Å². The highest BCUT2D eigenvalue weighted by Gasteiger charge is 2.04. The van der Waals surface area contributed by atoms with Gasteiger partial charge in [0, 0.05) is 0 Å². The molecular formula is C9H9ClN4O. The van der Waals surface area contributed by atoms with Crippen LogP contribution < -0.4 is 5.32 Å². The van der Waals surface area contributed by atoms with Gasteiger partial charge in [-0.1, -0.05) is 23.7 Å². The van der Waals surface area contributed by atoms with Crippen molar-refractivity contribution in [2.45, 2.75) is 6.61 Å². The summed E-state index contributed by atoms with van der Waals surface area (Å²) >= 11 is 5.94. The van der Waals surface area contributed by atoms with Crippen molar-refractivity contribution in [1.29, 1.82) is 0 Å². The Kier molecular flexibility index (Phi) is 2.84. The molecule has 2 rings (SSSR count). The Morgan fingerprint density at radius 3 is 2.87 bits per heavy atom. The molecule has 0 saturated heterocycles. The van der Waals surface area contributed by atoms with Crippen molar-refractivity contribution in [2.24, 2.45) is 0 Å². The van der Waals surface area contributed by atoms with Crippen molar-refractivity contribution >= 4 is 23.2 Å². The van der Waals surface area contributed by atoms with Crippen LogP contribution in [0.1, 0.15) is 5.82 Å². The lowest BCUT2D eigenvalue weighted by atomic mass is 10.3. The first-order chi connectivity index (χ1) is 7.29. The molecule has 2 aromatic rings. The highest BCUT2D eigenvalue weighted by atomic mass is 35.5. The lowest BCUT2D eigenvalue weighted by molar-refractivity contribution is 0.272. The number of aromatic amines is 1. The maximum Gasteiger partial charge on any atom is 0.246 e. The second-order valence-electron chi connectivity index (χ2n) is 2.87.